The normalized spacial score (nSPS) is 12.0. The van der Waals surface area contributed by atoms with Crippen LogP contribution < -0.4 is 10.0 Å². The van der Waals surface area contributed by atoms with Crippen molar-refractivity contribution >= 4 is 37.8 Å². The highest BCUT2D eigenvalue weighted by atomic mass is 32.2. The van der Waals surface area contributed by atoms with Gasteiger partial charge >= 0.3 is 0 Å². The largest absolute Gasteiger partial charge is 0.310 e. The first-order valence-electron chi connectivity index (χ1n) is 6.55. The van der Waals surface area contributed by atoms with Crippen molar-refractivity contribution in [3.8, 4) is 0 Å². The number of sulfonamides is 1. The van der Waals surface area contributed by atoms with Crippen LogP contribution >= 0.6 is 22.7 Å². The van der Waals surface area contributed by atoms with Gasteiger partial charge in [-0.25, -0.2) is 13.4 Å². The molecule has 0 bridgehead atoms. The molecule has 2 N–H and O–H groups in total. The summed E-state index contributed by atoms with van der Waals surface area (Å²) in [7, 11) is -3.55. The molecule has 2 rings (SSSR count). The van der Waals surface area contributed by atoms with E-state index in [1.54, 1.807) is 6.07 Å². The fraction of sp³-hybridized carbons (Fsp3) is 0.462. The molecule has 2 aromatic heterocycles. The molecule has 0 radical (unpaired) electrons. The van der Waals surface area contributed by atoms with Crippen LogP contribution in [0.3, 0.4) is 0 Å². The van der Waals surface area contributed by atoms with E-state index in [1.807, 2.05) is 19.2 Å². The van der Waals surface area contributed by atoms with Gasteiger partial charge in [-0.3, -0.25) is 4.72 Å². The van der Waals surface area contributed by atoms with Gasteiger partial charge in [0.2, 0.25) is 0 Å². The third kappa shape index (κ3) is 4.26. The van der Waals surface area contributed by atoms with Crippen LogP contribution in [0.25, 0.3) is 0 Å². The Hall–Kier alpha value is -0.960. The van der Waals surface area contributed by atoms with Crippen LogP contribution in [0.4, 0.5) is 5.13 Å². The van der Waals surface area contributed by atoms with Crippen LogP contribution in [-0.2, 0) is 16.6 Å². The van der Waals surface area contributed by atoms with E-state index < -0.39 is 10.0 Å². The molecule has 0 atom stereocenters. The Kier molecular flexibility index (Phi) is 5.03. The molecule has 0 spiro atoms. The molecule has 2 aromatic rings. The average Bonchev–Trinajstić information content (AvgIpc) is 2.93. The number of thiophene rings is 1. The lowest BCUT2D eigenvalue weighted by Crippen LogP contribution is -2.21. The molecule has 0 aliphatic heterocycles. The van der Waals surface area contributed by atoms with Gasteiger partial charge in [0.1, 0.15) is 4.21 Å². The van der Waals surface area contributed by atoms with Crippen LogP contribution in [0.1, 0.15) is 30.0 Å². The third-order valence-electron chi connectivity index (χ3n) is 2.77. The summed E-state index contributed by atoms with van der Waals surface area (Å²) in [5, 5.41) is 5.52. The lowest BCUT2D eigenvalue weighted by molar-refractivity contribution is 0.592. The fourth-order valence-corrected chi connectivity index (χ4v) is 5.14. The predicted molar refractivity (Wildman–Crippen MR) is 88.7 cm³/mol. The van der Waals surface area contributed by atoms with Gasteiger partial charge in [-0.2, -0.15) is 0 Å². The number of aryl methyl sites for hydroxylation is 2. The maximum Gasteiger partial charge on any atom is 0.273 e. The summed E-state index contributed by atoms with van der Waals surface area (Å²) in [4.78, 5) is 5.17. The van der Waals surface area contributed by atoms with Gasteiger partial charge in [-0.15, -0.1) is 22.7 Å². The van der Waals surface area contributed by atoms with Crippen LogP contribution in [0, 0.1) is 13.8 Å². The van der Waals surface area contributed by atoms with E-state index in [4.69, 9.17) is 0 Å². The van der Waals surface area contributed by atoms with Gasteiger partial charge in [0.15, 0.2) is 5.13 Å². The molecule has 2 heterocycles. The van der Waals surface area contributed by atoms with Crippen LogP contribution in [-0.4, -0.2) is 19.4 Å². The molecule has 0 fully saturated rings. The standard InChI is InChI=1S/C13H19N3O2S3/c1-8(2)14-6-11-9(3)5-12(20-11)21(17,18)16-13-15-10(4)7-19-13/h5,7-8,14H,6H2,1-4H3,(H,15,16). The summed E-state index contributed by atoms with van der Waals surface area (Å²) in [5.74, 6) is 0. The molecule has 0 aliphatic carbocycles. The molecule has 0 amide bonds. The Morgan fingerprint density at radius 1 is 1.33 bits per heavy atom. The molecule has 0 saturated carbocycles. The molecule has 21 heavy (non-hydrogen) atoms. The van der Waals surface area contributed by atoms with E-state index in [9.17, 15) is 8.42 Å². The van der Waals surface area contributed by atoms with Gasteiger partial charge in [0, 0.05) is 22.8 Å². The van der Waals surface area contributed by atoms with Crippen molar-refractivity contribution in [2.24, 2.45) is 0 Å². The Morgan fingerprint density at radius 3 is 2.62 bits per heavy atom. The zero-order valence-corrected chi connectivity index (χ0v) is 14.9. The first-order valence-corrected chi connectivity index (χ1v) is 9.73. The highest BCUT2D eigenvalue weighted by molar-refractivity contribution is 7.94. The molecule has 116 valence electrons. The van der Waals surface area contributed by atoms with Crippen molar-refractivity contribution in [2.75, 3.05) is 4.72 Å². The van der Waals surface area contributed by atoms with Gasteiger partial charge in [0.25, 0.3) is 10.0 Å². The summed E-state index contributed by atoms with van der Waals surface area (Å²) < 4.78 is 27.6. The van der Waals surface area contributed by atoms with Gasteiger partial charge in [-0.05, 0) is 25.5 Å². The zero-order chi connectivity index (χ0) is 15.6. The molecule has 8 heteroatoms. The smallest absolute Gasteiger partial charge is 0.273 e. The van der Waals surface area contributed by atoms with Crippen molar-refractivity contribution in [1.82, 2.24) is 10.3 Å². The molecule has 0 saturated heterocycles. The SMILES string of the molecule is Cc1csc(NS(=O)(=O)c2cc(C)c(CNC(C)C)s2)n1. The van der Waals surface area contributed by atoms with Crippen LogP contribution in [0.15, 0.2) is 15.7 Å². The Bertz CT molecular complexity index is 717. The van der Waals surface area contributed by atoms with Gasteiger partial charge in [-0.1, -0.05) is 13.8 Å². The lowest BCUT2D eigenvalue weighted by Gasteiger charge is -2.06. The van der Waals surface area contributed by atoms with E-state index in [0.717, 1.165) is 16.1 Å². The molecular formula is C13H19N3O2S3. The number of thiazole rings is 1. The first-order chi connectivity index (χ1) is 9.78. The first kappa shape index (κ1) is 16.4. The number of hydrogen-bond donors (Lipinski definition) is 2. The summed E-state index contributed by atoms with van der Waals surface area (Å²) in [5.41, 5.74) is 1.80. The molecule has 0 aromatic carbocycles. The molecule has 5 nitrogen and oxygen atoms in total. The van der Waals surface area contributed by atoms with Crippen molar-refractivity contribution in [3.63, 3.8) is 0 Å². The number of anilines is 1. The highest BCUT2D eigenvalue weighted by Gasteiger charge is 2.20. The summed E-state index contributed by atoms with van der Waals surface area (Å²) in [6.45, 7) is 8.57. The topological polar surface area (TPSA) is 71.1 Å². The van der Waals surface area contributed by atoms with Gasteiger partial charge in [0.05, 0.1) is 5.69 Å². The Labute approximate surface area is 133 Å². The minimum atomic E-state index is -3.55. The van der Waals surface area contributed by atoms with Crippen molar-refractivity contribution in [3.05, 3.63) is 27.6 Å². The average molecular weight is 346 g/mol. The second kappa shape index (κ2) is 6.43. The van der Waals surface area contributed by atoms with Crippen LogP contribution in [0.2, 0.25) is 0 Å². The monoisotopic (exact) mass is 345 g/mol. The minimum Gasteiger partial charge on any atom is -0.310 e. The van der Waals surface area contributed by atoms with E-state index in [0.29, 0.717) is 21.9 Å². The predicted octanol–water partition coefficient (Wildman–Crippen LogP) is 3.12. The van der Waals surface area contributed by atoms with Crippen molar-refractivity contribution in [1.29, 1.82) is 0 Å². The van der Waals surface area contributed by atoms with Crippen molar-refractivity contribution in [2.45, 2.75) is 44.5 Å². The van der Waals surface area contributed by atoms with E-state index in [2.05, 4.69) is 28.9 Å². The highest BCUT2D eigenvalue weighted by Crippen LogP contribution is 2.28. The van der Waals surface area contributed by atoms with Crippen molar-refractivity contribution < 1.29 is 8.42 Å². The second-order valence-corrected chi connectivity index (χ2v) is 9.01. The minimum absolute atomic E-state index is 0.327. The number of aromatic nitrogens is 1. The number of hydrogen-bond acceptors (Lipinski definition) is 6. The number of rotatable bonds is 6. The quantitative estimate of drug-likeness (QED) is 0.844. The van der Waals surface area contributed by atoms with E-state index in [1.165, 1.54) is 22.7 Å². The summed E-state index contributed by atoms with van der Waals surface area (Å²) in [6.07, 6.45) is 0. The second-order valence-electron chi connectivity index (χ2n) is 5.11. The summed E-state index contributed by atoms with van der Waals surface area (Å²) in [6, 6.07) is 2.08. The van der Waals surface area contributed by atoms with E-state index in [-0.39, 0.29) is 0 Å². The lowest BCUT2D eigenvalue weighted by atomic mass is 10.3. The molecule has 0 unspecified atom stereocenters. The van der Waals surface area contributed by atoms with Gasteiger partial charge < -0.3 is 5.32 Å². The zero-order valence-electron chi connectivity index (χ0n) is 12.4. The molecule has 0 aliphatic rings. The Morgan fingerprint density at radius 2 is 2.05 bits per heavy atom. The fourth-order valence-electron chi connectivity index (χ4n) is 1.66. The number of nitrogens with zero attached hydrogens (tertiary/aromatic N) is 1. The maximum absolute atomic E-state index is 12.4. The molecular weight excluding hydrogens is 326 g/mol. The third-order valence-corrected chi connectivity index (χ3v) is 6.83. The van der Waals surface area contributed by atoms with Crippen LogP contribution in [0.5, 0.6) is 0 Å². The maximum atomic E-state index is 12.4. The Balaban J connectivity index is 2.18. The van der Waals surface area contributed by atoms with E-state index >= 15 is 0 Å². The number of nitrogens with one attached hydrogen (secondary N) is 2. The summed E-state index contributed by atoms with van der Waals surface area (Å²) >= 11 is 2.59.